The highest BCUT2D eigenvalue weighted by molar-refractivity contribution is 5.74. The highest BCUT2D eigenvalue weighted by Gasteiger charge is 2.16. The maximum atomic E-state index is 11.4. The van der Waals surface area contributed by atoms with Gasteiger partial charge in [0.1, 0.15) is 6.54 Å². The average Bonchev–Trinajstić information content (AvgIpc) is 2.54. The minimum absolute atomic E-state index is 0.00129. The van der Waals surface area contributed by atoms with Gasteiger partial charge in [-0.05, 0) is 26.2 Å². The molecule has 0 unspecified atom stereocenters. The van der Waals surface area contributed by atoms with Crippen LogP contribution in [0.5, 0.6) is 0 Å². The molecule has 0 spiro atoms. The number of hydrogen-bond acceptors (Lipinski definition) is 9. The molecule has 2 heterocycles. The Morgan fingerprint density at radius 1 is 1.24 bits per heavy atom. The van der Waals surface area contributed by atoms with Gasteiger partial charge in [-0.25, -0.2) is 5.84 Å². The zero-order chi connectivity index (χ0) is 15.1. The van der Waals surface area contributed by atoms with Crippen LogP contribution in [0.15, 0.2) is 0 Å². The van der Waals surface area contributed by atoms with Gasteiger partial charge in [-0.3, -0.25) is 10.2 Å². The Bertz CT molecular complexity index is 477. The van der Waals surface area contributed by atoms with Crippen LogP contribution in [0.1, 0.15) is 26.2 Å². The van der Waals surface area contributed by atoms with Crippen molar-refractivity contribution in [2.45, 2.75) is 26.2 Å². The number of carbonyl (C=O) groups excluding carboxylic acids is 1. The van der Waals surface area contributed by atoms with E-state index in [1.165, 1.54) is 6.42 Å². The van der Waals surface area contributed by atoms with E-state index in [9.17, 15) is 4.79 Å². The average molecular weight is 295 g/mol. The zero-order valence-electron chi connectivity index (χ0n) is 12.1. The zero-order valence-corrected chi connectivity index (χ0v) is 12.1. The molecule has 1 aliphatic heterocycles. The van der Waals surface area contributed by atoms with Gasteiger partial charge >= 0.3 is 5.97 Å². The van der Waals surface area contributed by atoms with Gasteiger partial charge in [-0.1, -0.05) is 0 Å². The molecule has 1 aliphatic rings. The summed E-state index contributed by atoms with van der Waals surface area (Å²) in [6.07, 6.45) is 3.45. The molecule has 1 saturated heterocycles. The van der Waals surface area contributed by atoms with Gasteiger partial charge in [0, 0.05) is 13.1 Å². The van der Waals surface area contributed by atoms with Gasteiger partial charge < -0.3 is 15.0 Å². The van der Waals surface area contributed by atoms with Crippen LogP contribution in [0.2, 0.25) is 0 Å². The molecule has 0 saturated carbocycles. The predicted octanol–water partition coefficient (Wildman–Crippen LogP) is 0.122. The molecule has 0 aromatic carbocycles. The van der Waals surface area contributed by atoms with Crippen molar-refractivity contribution >= 4 is 23.8 Å². The predicted molar refractivity (Wildman–Crippen MR) is 78.8 cm³/mol. The molecule has 21 heavy (non-hydrogen) atoms. The molecule has 0 aliphatic carbocycles. The van der Waals surface area contributed by atoms with E-state index in [4.69, 9.17) is 10.6 Å². The first-order valence-corrected chi connectivity index (χ1v) is 7.10. The Balaban J connectivity index is 2.07. The summed E-state index contributed by atoms with van der Waals surface area (Å²) in [6, 6.07) is 0. The van der Waals surface area contributed by atoms with Crippen molar-refractivity contribution in [3.8, 4) is 0 Å². The van der Waals surface area contributed by atoms with Gasteiger partial charge in [0.2, 0.25) is 17.8 Å². The molecule has 1 aromatic rings. The smallest absolute Gasteiger partial charge is 0.325 e. The van der Waals surface area contributed by atoms with Crippen LogP contribution in [0.3, 0.4) is 0 Å². The maximum Gasteiger partial charge on any atom is 0.325 e. The standard InChI is InChI=1S/C12H21N7O2/c1-2-21-9(20)8-14-10-15-11(18-13)17-12(16-10)19-6-4-3-5-7-19/h2-8,13H2,1H3,(H2,14,15,16,17,18). The Morgan fingerprint density at radius 2 is 1.95 bits per heavy atom. The second-order valence-corrected chi connectivity index (χ2v) is 4.63. The third kappa shape index (κ3) is 4.42. The van der Waals surface area contributed by atoms with Crippen molar-refractivity contribution in [1.82, 2.24) is 15.0 Å². The number of piperidine rings is 1. The summed E-state index contributed by atoms with van der Waals surface area (Å²) in [5.41, 5.74) is 2.41. The van der Waals surface area contributed by atoms with Crippen molar-refractivity contribution in [1.29, 1.82) is 0 Å². The molecular weight excluding hydrogens is 274 g/mol. The van der Waals surface area contributed by atoms with E-state index in [-0.39, 0.29) is 18.5 Å². The molecule has 9 nitrogen and oxygen atoms in total. The quantitative estimate of drug-likeness (QED) is 0.382. The van der Waals surface area contributed by atoms with Gasteiger partial charge in [0.05, 0.1) is 6.61 Å². The Kier molecular flexibility index (Phi) is 5.50. The first kappa shape index (κ1) is 15.2. The summed E-state index contributed by atoms with van der Waals surface area (Å²) < 4.78 is 4.84. The number of rotatable bonds is 6. The van der Waals surface area contributed by atoms with Gasteiger partial charge in [-0.15, -0.1) is 0 Å². The SMILES string of the molecule is CCOC(=O)CNc1nc(NN)nc(N2CCCCC2)n1. The fraction of sp³-hybridized carbons (Fsp3) is 0.667. The van der Waals surface area contributed by atoms with Crippen LogP contribution in [0, 0.1) is 0 Å². The molecule has 2 rings (SSSR count). The fourth-order valence-electron chi connectivity index (χ4n) is 2.11. The van der Waals surface area contributed by atoms with Crippen LogP contribution >= 0.6 is 0 Å². The molecule has 1 aromatic heterocycles. The molecule has 0 radical (unpaired) electrons. The van der Waals surface area contributed by atoms with Gasteiger partial charge in [0.15, 0.2) is 0 Å². The number of nitrogens with one attached hydrogen (secondary N) is 2. The number of hydrogen-bond donors (Lipinski definition) is 3. The number of anilines is 3. The maximum absolute atomic E-state index is 11.4. The third-order valence-corrected chi connectivity index (χ3v) is 3.09. The molecule has 116 valence electrons. The van der Waals surface area contributed by atoms with E-state index in [1.54, 1.807) is 6.92 Å². The van der Waals surface area contributed by atoms with E-state index in [1.807, 2.05) is 0 Å². The number of hydrazine groups is 1. The van der Waals surface area contributed by atoms with Crippen LogP contribution in [-0.4, -0.2) is 47.2 Å². The molecular formula is C12H21N7O2. The second-order valence-electron chi connectivity index (χ2n) is 4.63. The Labute approximate surface area is 123 Å². The number of ether oxygens (including phenoxy) is 1. The number of aromatic nitrogens is 3. The third-order valence-electron chi connectivity index (χ3n) is 3.09. The van der Waals surface area contributed by atoms with E-state index in [0.29, 0.717) is 18.5 Å². The normalized spacial score (nSPS) is 14.7. The van der Waals surface area contributed by atoms with Crippen LogP contribution in [0.25, 0.3) is 0 Å². The highest BCUT2D eigenvalue weighted by Crippen LogP contribution is 2.18. The topological polar surface area (TPSA) is 118 Å². The largest absolute Gasteiger partial charge is 0.465 e. The Morgan fingerprint density at radius 3 is 2.62 bits per heavy atom. The van der Waals surface area contributed by atoms with Crippen molar-refractivity contribution in [2.75, 3.05) is 41.9 Å². The molecule has 1 fully saturated rings. The number of esters is 1. The van der Waals surface area contributed by atoms with E-state index in [2.05, 4.69) is 30.6 Å². The number of carbonyl (C=O) groups is 1. The molecule has 0 bridgehead atoms. The van der Waals surface area contributed by atoms with Crippen LogP contribution < -0.4 is 21.5 Å². The van der Waals surface area contributed by atoms with Crippen molar-refractivity contribution in [3.05, 3.63) is 0 Å². The van der Waals surface area contributed by atoms with Gasteiger partial charge in [0.25, 0.3) is 0 Å². The van der Waals surface area contributed by atoms with E-state index < -0.39 is 0 Å². The van der Waals surface area contributed by atoms with Crippen LogP contribution in [0.4, 0.5) is 17.8 Å². The number of nitrogen functional groups attached to an aromatic ring is 1. The highest BCUT2D eigenvalue weighted by atomic mass is 16.5. The van der Waals surface area contributed by atoms with E-state index >= 15 is 0 Å². The first-order chi connectivity index (χ1) is 10.2. The summed E-state index contributed by atoms with van der Waals surface area (Å²) in [5, 5.41) is 2.82. The van der Waals surface area contributed by atoms with Gasteiger partial charge in [-0.2, -0.15) is 15.0 Å². The number of nitrogens with zero attached hydrogens (tertiary/aromatic N) is 4. The lowest BCUT2D eigenvalue weighted by Crippen LogP contribution is -2.32. The summed E-state index contributed by atoms with van der Waals surface area (Å²) in [6.45, 7) is 3.91. The summed E-state index contributed by atoms with van der Waals surface area (Å²) in [4.78, 5) is 26.1. The minimum Gasteiger partial charge on any atom is -0.465 e. The van der Waals surface area contributed by atoms with Crippen LogP contribution in [-0.2, 0) is 9.53 Å². The lowest BCUT2D eigenvalue weighted by molar-refractivity contribution is -0.140. The number of nitrogens with two attached hydrogens (primary N) is 1. The summed E-state index contributed by atoms with van der Waals surface area (Å²) in [7, 11) is 0. The first-order valence-electron chi connectivity index (χ1n) is 7.10. The molecule has 9 heteroatoms. The lowest BCUT2D eigenvalue weighted by atomic mass is 10.1. The van der Waals surface area contributed by atoms with Crippen molar-refractivity contribution < 1.29 is 9.53 Å². The molecule has 0 atom stereocenters. The summed E-state index contributed by atoms with van der Waals surface area (Å²) >= 11 is 0. The molecule has 4 N–H and O–H groups in total. The lowest BCUT2D eigenvalue weighted by Gasteiger charge is -2.26. The van der Waals surface area contributed by atoms with E-state index in [0.717, 1.165) is 25.9 Å². The monoisotopic (exact) mass is 295 g/mol. The Hall–Kier alpha value is -2.16. The van der Waals surface area contributed by atoms with Crippen molar-refractivity contribution in [3.63, 3.8) is 0 Å². The van der Waals surface area contributed by atoms with Crippen molar-refractivity contribution in [2.24, 2.45) is 5.84 Å². The second kappa shape index (κ2) is 7.58. The fourth-order valence-corrected chi connectivity index (χ4v) is 2.11. The summed E-state index contributed by atoms with van der Waals surface area (Å²) in [5.74, 6) is 6.14. The molecule has 0 amide bonds. The minimum atomic E-state index is -0.361.